The standard InChI is InChI=1S/C20H25BrN4O5S/c1-13-10-25(14(2)12-26)31(28,29)19-5-4-15(21)8-17(19)30-18(13)11-24(3)20(27)16-9-22-6-7-23-16/h4-9,13-14,18,26H,10-12H2,1-3H3/t13-,14+,18-/m0/s1. The molecule has 0 radical (unpaired) electrons. The van der Waals surface area contributed by atoms with E-state index in [1.807, 2.05) is 6.92 Å². The van der Waals surface area contributed by atoms with Gasteiger partial charge >= 0.3 is 0 Å². The van der Waals surface area contributed by atoms with Crippen molar-refractivity contribution in [3.8, 4) is 5.75 Å². The molecule has 0 saturated heterocycles. The molecule has 31 heavy (non-hydrogen) atoms. The summed E-state index contributed by atoms with van der Waals surface area (Å²) >= 11 is 3.36. The molecule has 1 aromatic carbocycles. The zero-order valence-corrected chi connectivity index (χ0v) is 19.9. The minimum absolute atomic E-state index is 0.0239. The molecule has 1 aliphatic heterocycles. The van der Waals surface area contributed by atoms with Gasteiger partial charge in [-0.15, -0.1) is 0 Å². The molecule has 0 fully saturated rings. The van der Waals surface area contributed by atoms with Crippen LogP contribution in [-0.4, -0.2) is 77.5 Å². The lowest BCUT2D eigenvalue weighted by Gasteiger charge is -2.37. The number of carbonyl (C=O) groups is 1. The summed E-state index contributed by atoms with van der Waals surface area (Å²) in [7, 11) is -2.25. The Balaban J connectivity index is 1.96. The van der Waals surface area contributed by atoms with E-state index in [2.05, 4.69) is 25.9 Å². The molecule has 0 spiro atoms. The maximum atomic E-state index is 13.3. The van der Waals surface area contributed by atoms with E-state index >= 15 is 0 Å². The van der Waals surface area contributed by atoms with E-state index in [-0.39, 0.29) is 47.9 Å². The van der Waals surface area contributed by atoms with Crippen molar-refractivity contribution in [2.45, 2.75) is 30.9 Å². The first-order valence-electron chi connectivity index (χ1n) is 9.75. The van der Waals surface area contributed by atoms with Gasteiger partial charge in [-0.1, -0.05) is 22.9 Å². The number of aliphatic hydroxyl groups excluding tert-OH is 1. The molecule has 1 aliphatic rings. The summed E-state index contributed by atoms with van der Waals surface area (Å²) in [5.74, 6) is -0.386. The molecule has 1 N–H and O–H groups in total. The van der Waals surface area contributed by atoms with Crippen molar-refractivity contribution in [1.29, 1.82) is 0 Å². The lowest BCUT2D eigenvalue weighted by Crippen LogP contribution is -2.50. The molecule has 0 unspecified atom stereocenters. The molecule has 0 aliphatic carbocycles. The van der Waals surface area contributed by atoms with Crippen molar-refractivity contribution in [2.75, 3.05) is 26.7 Å². The van der Waals surface area contributed by atoms with Crippen molar-refractivity contribution >= 4 is 31.9 Å². The van der Waals surface area contributed by atoms with Gasteiger partial charge in [-0.05, 0) is 25.1 Å². The summed E-state index contributed by atoms with van der Waals surface area (Å²) in [6, 6.07) is 4.10. The Morgan fingerprint density at radius 1 is 1.42 bits per heavy atom. The van der Waals surface area contributed by atoms with Crippen LogP contribution < -0.4 is 4.74 Å². The molecule has 1 amide bonds. The molecule has 9 nitrogen and oxygen atoms in total. The second-order valence-electron chi connectivity index (χ2n) is 7.61. The smallest absolute Gasteiger partial charge is 0.273 e. The average Bonchev–Trinajstić information content (AvgIpc) is 2.75. The zero-order chi connectivity index (χ0) is 22.8. The predicted molar refractivity (Wildman–Crippen MR) is 117 cm³/mol. The summed E-state index contributed by atoms with van der Waals surface area (Å²) in [6.07, 6.45) is 3.83. The van der Waals surface area contributed by atoms with Crippen molar-refractivity contribution in [1.82, 2.24) is 19.2 Å². The van der Waals surface area contributed by atoms with E-state index in [9.17, 15) is 18.3 Å². The minimum atomic E-state index is -3.89. The Labute approximate surface area is 190 Å². The molecule has 11 heteroatoms. The van der Waals surface area contributed by atoms with Crippen molar-refractivity contribution in [3.63, 3.8) is 0 Å². The van der Waals surface area contributed by atoms with Gasteiger partial charge in [0.2, 0.25) is 10.0 Å². The monoisotopic (exact) mass is 512 g/mol. The third-order valence-electron chi connectivity index (χ3n) is 5.21. The number of aliphatic hydroxyl groups is 1. The lowest BCUT2D eigenvalue weighted by atomic mass is 10.0. The number of nitrogens with zero attached hydrogens (tertiary/aromatic N) is 4. The predicted octanol–water partition coefficient (Wildman–Crippen LogP) is 1.78. The largest absolute Gasteiger partial charge is 0.487 e. The number of carbonyl (C=O) groups excluding carboxylic acids is 1. The molecule has 2 aromatic rings. The summed E-state index contributed by atoms with van der Waals surface area (Å²) in [6.45, 7) is 3.56. The van der Waals surface area contributed by atoms with Crippen LogP contribution in [0, 0.1) is 5.92 Å². The van der Waals surface area contributed by atoms with Gasteiger partial charge in [0, 0.05) is 42.4 Å². The first-order chi connectivity index (χ1) is 14.6. The second kappa shape index (κ2) is 9.60. The highest BCUT2D eigenvalue weighted by molar-refractivity contribution is 9.10. The number of fused-ring (bicyclic) bond motifs is 1. The highest BCUT2D eigenvalue weighted by Crippen LogP contribution is 2.35. The summed E-state index contributed by atoms with van der Waals surface area (Å²) in [5, 5.41) is 9.66. The van der Waals surface area contributed by atoms with Crippen LogP contribution in [0.5, 0.6) is 5.75 Å². The van der Waals surface area contributed by atoms with Crippen molar-refractivity contribution in [2.24, 2.45) is 5.92 Å². The highest BCUT2D eigenvalue weighted by atomic mass is 79.9. The summed E-state index contributed by atoms with van der Waals surface area (Å²) in [5.41, 5.74) is 0.213. The van der Waals surface area contributed by atoms with Crippen LogP contribution in [0.4, 0.5) is 0 Å². The maximum Gasteiger partial charge on any atom is 0.273 e. The Kier molecular flexibility index (Phi) is 7.30. The van der Waals surface area contributed by atoms with Crippen LogP contribution in [0.25, 0.3) is 0 Å². The van der Waals surface area contributed by atoms with E-state index < -0.39 is 22.2 Å². The van der Waals surface area contributed by atoms with Crippen LogP contribution in [0.15, 0.2) is 46.2 Å². The number of hydrogen-bond acceptors (Lipinski definition) is 7. The van der Waals surface area contributed by atoms with E-state index in [0.717, 1.165) is 0 Å². The Morgan fingerprint density at radius 2 is 2.16 bits per heavy atom. The Morgan fingerprint density at radius 3 is 2.81 bits per heavy atom. The van der Waals surface area contributed by atoms with Crippen molar-refractivity contribution in [3.05, 3.63) is 47.0 Å². The van der Waals surface area contributed by atoms with Gasteiger partial charge in [-0.25, -0.2) is 13.4 Å². The molecule has 168 valence electrons. The van der Waals surface area contributed by atoms with Gasteiger partial charge in [-0.3, -0.25) is 9.78 Å². The molecule has 0 saturated carbocycles. The molecule has 2 heterocycles. The molecule has 3 atom stereocenters. The fourth-order valence-corrected chi connectivity index (χ4v) is 5.54. The fourth-order valence-electron chi connectivity index (χ4n) is 3.38. The van der Waals surface area contributed by atoms with E-state index in [1.165, 1.54) is 33.9 Å². The number of hydrogen-bond donors (Lipinski definition) is 1. The van der Waals surface area contributed by atoms with Crippen LogP contribution in [0.3, 0.4) is 0 Å². The van der Waals surface area contributed by atoms with Crippen molar-refractivity contribution < 1.29 is 23.1 Å². The number of amides is 1. The van der Waals surface area contributed by atoms with E-state index in [4.69, 9.17) is 4.74 Å². The van der Waals surface area contributed by atoms with Gasteiger partial charge < -0.3 is 14.7 Å². The first kappa shape index (κ1) is 23.6. The van der Waals surface area contributed by atoms with Crippen LogP contribution in [-0.2, 0) is 10.0 Å². The average molecular weight is 513 g/mol. The van der Waals surface area contributed by atoms with E-state index in [1.54, 1.807) is 26.1 Å². The lowest BCUT2D eigenvalue weighted by molar-refractivity contribution is 0.0559. The Bertz CT molecular complexity index is 1040. The van der Waals surface area contributed by atoms with Gasteiger partial charge in [-0.2, -0.15) is 4.31 Å². The molecule has 3 rings (SSSR count). The highest BCUT2D eigenvalue weighted by Gasteiger charge is 2.38. The molecular formula is C20H25BrN4O5S. The SMILES string of the molecule is C[C@H](CO)N1C[C@H](C)[C@H](CN(C)C(=O)c2cnccn2)Oc2cc(Br)ccc2S1(=O)=O. The normalized spacial score (nSPS) is 21.8. The Hall–Kier alpha value is -2.08. The number of sulfonamides is 1. The maximum absolute atomic E-state index is 13.3. The molecule has 0 bridgehead atoms. The number of likely N-dealkylation sites (N-methyl/N-ethyl adjacent to an activating group) is 1. The second-order valence-corrected chi connectivity index (χ2v) is 10.4. The number of rotatable bonds is 5. The summed E-state index contributed by atoms with van der Waals surface area (Å²) in [4.78, 5) is 22.2. The summed E-state index contributed by atoms with van der Waals surface area (Å²) < 4.78 is 34.7. The number of aromatic nitrogens is 2. The van der Waals surface area contributed by atoms with Crippen LogP contribution in [0.2, 0.25) is 0 Å². The van der Waals surface area contributed by atoms with E-state index in [0.29, 0.717) is 4.47 Å². The minimum Gasteiger partial charge on any atom is -0.487 e. The number of ether oxygens (including phenoxy) is 1. The number of halogens is 1. The fraction of sp³-hybridized carbons (Fsp3) is 0.450. The quantitative estimate of drug-likeness (QED) is 0.649. The van der Waals surface area contributed by atoms with Gasteiger partial charge in [0.1, 0.15) is 22.4 Å². The topological polar surface area (TPSA) is 113 Å². The third-order valence-corrected chi connectivity index (χ3v) is 7.72. The van der Waals surface area contributed by atoms with Gasteiger partial charge in [0.25, 0.3) is 5.91 Å². The number of benzene rings is 1. The van der Waals surface area contributed by atoms with Crippen LogP contribution in [0.1, 0.15) is 24.3 Å². The third kappa shape index (κ3) is 5.05. The van der Waals surface area contributed by atoms with Gasteiger partial charge in [0.05, 0.1) is 19.3 Å². The molecular weight excluding hydrogens is 488 g/mol. The van der Waals surface area contributed by atoms with Gasteiger partial charge in [0.15, 0.2) is 0 Å². The first-order valence-corrected chi connectivity index (χ1v) is 12.0. The molecule has 1 aromatic heterocycles. The zero-order valence-electron chi connectivity index (χ0n) is 17.5. The van der Waals surface area contributed by atoms with Crippen LogP contribution >= 0.6 is 15.9 Å².